The maximum atomic E-state index is 13.1. The molecule has 1 heterocycles. The predicted octanol–water partition coefficient (Wildman–Crippen LogP) is 2.78. The number of nitrogens with zero attached hydrogens (tertiary/aromatic N) is 1. The molecule has 2 rings (SSSR count). The predicted molar refractivity (Wildman–Crippen MR) is 57.5 cm³/mol. The van der Waals surface area contributed by atoms with Gasteiger partial charge < -0.3 is 9.67 Å². The molecule has 1 aromatic carbocycles. The van der Waals surface area contributed by atoms with Crippen molar-refractivity contribution in [2.24, 2.45) is 7.05 Å². The fourth-order valence-corrected chi connectivity index (χ4v) is 2.34. The van der Waals surface area contributed by atoms with Crippen LogP contribution in [0.15, 0.2) is 22.8 Å². The number of aryl methyl sites for hydroxylation is 1. The van der Waals surface area contributed by atoms with Gasteiger partial charge in [-0.3, -0.25) is 0 Å². The lowest BCUT2D eigenvalue weighted by Gasteiger charge is -1.99. The van der Waals surface area contributed by atoms with E-state index in [0.717, 1.165) is 0 Å². The molecule has 0 aliphatic rings. The molecule has 0 unspecified atom stereocenters. The summed E-state index contributed by atoms with van der Waals surface area (Å²) in [6, 6.07) is 2.54. The lowest BCUT2D eigenvalue weighted by molar-refractivity contribution is 0.0699. The number of carboxylic acid groups (broad SMARTS) is 1. The molecule has 3 nitrogen and oxygen atoms in total. The van der Waals surface area contributed by atoms with Crippen LogP contribution in [0, 0.1) is 5.82 Å². The minimum atomic E-state index is -1.06. The standard InChI is InChI=1S/C10H7BrFNO2/c1-13-4-7(10(14)15)6-2-5(12)3-8(11)9(6)13/h2-4H,1H3,(H,14,15). The molecule has 0 saturated carbocycles. The van der Waals surface area contributed by atoms with Crippen molar-refractivity contribution in [2.45, 2.75) is 0 Å². The molecule has 2 aromatic rings. The lowest BCUT2D eigenvalue weighted by Crippen LogP contribution is -1.94. The number of carboxylic acids is 1. The van der Waals surface area contributed by atoms with Gasteiger partial charge in [-0.15, -0.1) is 0 Å². The second kappa shape index (κ2) is 3.34. The summed E-state index contributed by atoms with van der Waals surface area (Å²) in [6.07, 6.45) is 1.47. The van der Waals surface area contributed by atoms with E-state index in [-0.39, 0.29) is 5.56 Å². The highest BCUT2D eigenvalue weighted by atomic mass is 79.9. The van der Waals surface area contributed by atoms with E-state index in [2.05, 4.69) is 15.9 Å². The fraction of sp³-hybridized carbons (Fsp3) is 0.100. The Kier molecular flexibility index (Phi) is 2.26. The van der Waals surface area contributed by atoms with E-state index in [4.69, 9.17) is 5.11 Å². The van der Waals surface area contributed by atoms with E-state index in [1.54, 1.807) is 11.6 Å². The normalized spacial score (nSPS) is 10.9. The fourth-order valence-electron chi connectivity index (χ4n) is 1.63. The highest BCUT2D eigenvalue weighted by Gasteiger charge is 2.15. The van der Waals surface area contributed by atoms with E-state index >= 15 is 0 Å². The van der Waals surface area contributed by atoms with Crippen molar-refractivity contribution in [1.82, 2.24) is 4.57 Å². The second-order valence-corrected chi connectivity index (χ2v) is 4.10. The first-order valence-electron chi connectivity index (χ1n) is 4.18. The Morgan fingerprint density at radius 2 is 2.20 bits per heavy atom. The maximum absolute atomic E-state index is 13.1. The molecule has 0 atom stereocenters. The average Bonchev–Trinajstić information content (AvgIpc) is 2.42. The Hall–Kier alpha value is -1.36. The monoisotopic (exact) mass is 271 g/mol. The van der Waals surface area contributed by atoms with Crippen molar-refractivity contribution in [3.8, 4) is 0 Å². The smallest absolute Gasteiger partial charge is 0.337 e. The molecule has 0 aliphatic carbocycles. The number of aromatic carboxylic acids is 1. The molecule has 15 heavy (non-hydrogen) atoms. The third-order valence-electron chi connectivity index (χ3n) is 2.22. The quantitative estimate of drug-likeness (QED) is 0.867. The molecule has 1 aromatic heterocycles. The highest BCUT2D eigenvalue weighted by molar-refractivity contribution is 9.10. The van der Waals surface area contributed by atoms with Gasteiger partial charge in [-0.05, 0) is 28.1 Å². The summed E-state index contributed by atoms with van der Waals surface area (Å²) in [4.78, 5) is 10.9. The highest BCUT2D eigenvalue weighted by Crippen LogP contribution is 2.29. The van der Waals surface area contributed by atoms with Crippen LogP contribution in [-0.2, 0) is 7.05 Å². The number of aromatic nitrogens is 1. The molecule has 0 bridgehead atoms. The third-order valence-corrected chi connectivity index (χ3v) is 2.83. The minimum absolute atomic E-state index is 0.104. The van der Waals surface area contributed by atoms with Gasteiger partial charge >= 0.3 is 5.97 Å². The summed E-state index contributed by atoms with van der Waals surface area (Å²) in [6.45, 7) is 0. The van der Waals surface area contributed by atoms with Gasteiger partial charge in [0, 0.05) is 23.1 Å². The third kappa shape index (κ3) is 1.52. The zero-order valence-electron chi connectivity index (χ0n) is 7.79. The first-order chi connectivity index (χ1) is 7.00. The first-order valence-corrected chi connectivity index (χ1v) is 4.97. The Balaban J connectivity index is 2.93. The Bertz CT molecular complexity index is 562. The molecule has 5 heteroatoms. The van der Waals surface area contributed by atoms with Gasteiger partial charge in [0.1, 0.15) is 5.82 Å². The largest absolute Gasteiger partial charge is 0.478 e. The summed E-state index contributed by atoms with van der Waals surface area (Å²) < 4.78 is 15.3. The van der Waals surface area contributed by atoms with Crippen molar-refractivity contribution in [3.63, 3.8) is 0 Å². The molecule has 0 saturated heterocycles. The van der Waals surface area contributed by atoms with Gasteiger partial charge in [-0.2, -0.15) is 0 Å². The molecule has 0 fully saturated rings. The molecular weight excluding hydrogens is 265 g/mol. The molecule has 0 aliphatic heterocycles. The number of carbonyl (C=O) groups is 1. The number of halogens is 2. The number of rotatable bonds is 1. The van der Waals surface area contributed by atoms with Crippen LogP contribution in [0.25, 0.3) is 10.9 Å². The Labute approximate surface area is 93.3 Å². The van der Waals surface area contributed by atoms with Crippen LogP contribution in [0.1, 0.15) is 10.4 Å². The Morgan fingerprint density at radius 3 is 2.80 bits per heavy atom. The van der Waals surface area contributed by atoms with Gasteiger partial charge in [0.25, 0.3) is 0 Å². The van der Waals surface area contributed by atoms with Crippen molar-refractivity contribution in [1.29, 1.82) is 0 Å². The number of benzene rings is 1. The van der Waals surface area contributed by atoms with Crippen LogP contribution < -0.4 is 0 Å². The van der Waals surface area contributed by atoms with Crippen molar-refractivity contribution >= 4 is 32.8 Å². The average molecular weight is 272 g/mol. The summed E-state index contributed by atoms with van der Waals surface area (Å²) in [5.74, 6) is -1.51. The van der Waals surface area contributed by atoms with Gasteiger partial charge in [-0.25, -0.2) is 9.18 Å². The van der Waals surface area contributed by atoms with E-state index in [1.807, 2.05) is 0 Å². The number of fused-ring (bicyclic) bond motifs is 1. The molecule has 0 amide bonds. The van der Waals surface area contributed by atoms with Crippen LogP contribution in [0.3, 0.4) is 0 Å². The van der Waals surface area contributed by atoms with E-state index in [0.29, 0.717) is 15.4 Å². The zero-order valence-corrected chi connectivity index (χ0v) is 9.38. The molecule has 78 valence electrons. The lowest BCUT2D eigenvalue weighted by atomic mass is 10.2. The SMILES string of the molecule is Cn1cc(C(=O)O)c2cc(F)cc(Br)c21. The molecule has 0 spiro atoms. The van der Waals surface area contributed by atoms with Crippen LogP contribution in [0.2, 0.25) is 0 Å². The number of hydrogen-bond acceptors (Lipinski definition) is 1. The summed E-state index contributed by atoms with van der Waals surface area (Å²) in [5.41, 5.74) is 0.779. The topological polar surface area (TPSA) is 42.2 Å². The van der Waals surface area contributed by atoms with Crippen LogP contribution in [-0.4, -0.2) is 15.6 Å². The second-order valence-electron chi connectivity index (χ2n) is 3.24. The van der Waals surface area contributed by atoms with Crippen LogP contribution in [0.5, 0.6) is 0 Å². The zero-order chi connectivity index (χ0) is 11.2. The van der Waals surface area contributed by atoms with E-state index in [9.17, 15) is 9.18 Å². The molecular formula is C10H7BrFNO2. The van der Waals surface area contributed by atoms with Gasteiger partial charge in [-0.1, -0.05) is 0 Å². The summed E-state index contributed by atoms with van der Waals surface area (Å²) in [5, 5.41) is 9.33. The number of hydrogen-bond donors (Lipinski definition) is 1. The molecule has 0 radical (unpaired) electrons. The first kappa shape index (κ1) is 10.2. The summed E-state index contributed by atoms with van der Waals surface area (Å²) in [7, 11) is 1.72. The van der Waals surface area contributed by atoms with Gasteiger partial charge in [0.05, 0.1) is 11.1 Å². The van der Waals surface area contributed by atoms with E-state index in [1.165, 1.54) is 18.3 Å². The van der Waals surface area contributed by atoms with Gasteiger partial charge in [0.2, 0.25) is 0 Å². The van der Waals surface area contributed by atoms with Gasteiger partial charge in [0.15, 0.2) is 0 Å². The van der Waals surface area contributed by atoms with Crippen LogP contribution >= 0.6 is 15.9 Å². The van der Waals surface area contributed by atoms with Crippen molar-refractivity contribution < 1.29 is 14.3 Å². The summed E-state index contributed by atoms with van der Waals surface area (Å²) >= 11 is 3.21. The molecule has 1 N–H and O–H groups in total. The van der Waals surface area contributed by atoms with Crippen molar-refractivity contribution in [2.75, 3.05) is 0 Å². The minimum Gasteiger partial charge on any atom is -0.478 e. The van der Waals surface area contributed by atoms with Crippen molar-refractivity contribution in [3.05, 3.63) is 34.2 Å². The maximum Gasteiger partial charge on any atom is 0.337 e. The van der Waals surface area contributed by atoms with E-state index < -0.39 is 11.8 Å². The Morgan fingerprint density at radius 1 is 1.53 bits per heavy atom. The van der Waals surface area contributed by atoms with Crippen LogP contribution in [0.4, 0.5) is 4.39 Å².